The van der Waals surface area contributed by atoms with E-state index < -0.39 is 0 Å². The van der Waals surface area contributed by atoms with E-state index in [0.717, 1.165) is 12.0 Å². The van der Waals surface area contributed by atoms with Gasteiger partial charge in [-0.2, -0.15) is 0 Å². The maximum absolute atomic E-state index is 6.30. The Labute approximate surface area is 124 Å². The van der Waals surface area contributed by atoms with Crippen LogP contribution in [0.4, 0.5) is 0 Å². The number of fused-ring (bicyclic) bond motifs is 2. The Bertz CT molecular complexity index is 723. The molecule has 0 bridgehead atoms. The lowest BCUT2D eigenvalue weighted by molar-refractivity contribution is 0.749. The van der Waals surface area contributed by atoms with Gasteiger partial charge in [-0.25, -0.2) is 0 Å². The van der Waals surface area contributed by atoms with Crippen molar-refractivity contribution in [3.63, 3.8) is 0 Å². The van der Waals surface area contributed by atoms with Gasteiger partial charge in [-0.3, -0.25) is 0 Å². The molecule has 0 aromatic heterocycles. The summed E-state index contributed by atoms with van der Waals surface area (Å²) < 4.78 is 0. The smallest absolute Gasteiger partial charge is 0.0431 e. The molecule has 0 radical (unpaired) electrons. The van der Waals surface area contributed by atoms with Crippen LogP contribution in [0.1, 0.15) is 17.2 Å². The Kier molecular flexibility index (Phi) is 3.88. The van der Waals surface area contributed by atoms with E-state index in [-0.39, 0.29) is 6.04 Å². The van der Waals surface area contributed by atoms with E-state index in [4.69, 9.17) is 17.2 Å². The summed E-state index contributed by atoms with van der Waals surface area (Å²) in [5.41, 5.74) is 20.4. The minimum absolute atomic E-state index is 0.160. The molecule has 0 spiro atoms. The second-order valence-electron chi connectivity index (χ2n) is 5.36. The molecule has 0 saturated heterocycles. The van der Waals surface area contributed by atoms with Crippen molar-refractivity contribution < 1.29 is 0 Å². The first-order valence-electron chi connectivity index (χ1n) is 7.36. The lowest BCUT2D eigenvalue weighted by Gasteiger charge is -2.20. The van der Waals surface area contributed by atoms with Gasteiger partial charge >= 0.3 is 0 Å². The lowest BCUT2D eigenvalue weighted by atomic mass is 9.87. The van der Waals surface area contributed by atoms with Gasteiger partial charge in [0.2, 0.25) is 0 Å². The first kappa shape index (κ1) is 14.0. The third-order valence-corrected chi connectivity index (χ3v) is 4.10. The lowest BCUT2D eigenvalue weighted by Crippen LogP contribution is -2.21. The summed E-state index contributed by atoms with van der Waals surface area (Å²) in [6.07, 6.45) is 0.860. The van der Waals surface area contributed by atoms with E-state index in [0.29, 0.717) is 13.1 Å². The van der Waals surface area contributed by atoms with Crippen LogP contribution in [-0.4, -0.2) is 13.1 Å². The first-order valence-corrected chi connectivity index (χ1v) is 7.36. The molecule has 0 aliphatic rings. The molecule has 0 fully saturated rings. The molecule has 0 aliphatic carbocycles. The Hall–Kier alpha value is -1.94. The second kappa shape index (κ2) is 5.82. The van der Waals surface area contributed by atoms with Gasteiger partial charge in [0.15, 0.2) is 0 Å². The summed E-state index contributed by atoms with van der Waals surface area (Å²) in [5.74, 6) is 0. The summed E-state index contributed by atoms with van der Waals surface area (Å²) in [6, 6.07) is 16.6. The van der Waals surface area contributed by atoms with E-state index >= 15 is 0 Å². The van der Waals surface area contributed by atoms with E-state index in [1.165, 1.54) is 27.1 Å². The van der Waals surface area contributed by atoms with Crippen LogP contribution >= 0.6 is 0 Å². The topological polar surface area (TPSA) is 78.1 Å². The van der Waals surface area contributed by atoms with Gasteiger partial charge in [0.1, 0.15) is 0 Å². The molecule has 21 heavy (non-hydrogen) atoms. The Morgan fingerprint density at radius 1 is 0.762 bits per heavy atom. The van der Waals surface area contributed by atoms with Crippen molar-refractivity contribution in [1.82, 2.24) is 0 Å². The molecule has 3 aromatic carbocycles. The zero-order valence-electron chi connectivity index (χ0n) is 12.0. The largest absolute Gasteiger partial charge is 0.330 e. The number of rotatable bonds is 4. The van der Waals surface area contributed by atoms with Crippen molar-refractivity contribution in [1.29, 1.82) is 0 Å². The molecule has 6 N–H and O–H groups in total. The van der Waals surface area contributed by atoms with Crippen LogP contribution in [0.25, 0.3) is 21.5 Å². The highest BCUT2D eigenvalue weighted by Gasteiger charge is 2.16. The Morgan fingerprint density at radius 3 is 1.67 bits per heavy atom. The Morgan fingerprint density at radius 2 is 1.24 bits per heavy atom. The van der Waals surface area contributed by atoms with Crippen LogP contribution in [0.15, 0.2) is 48.5 Å². The molecule has 0 aliphatic heterocycles. The van der Waals surface area contributed by atoms with Gasteiger partial charge in [-0.05, 0) is 45.6 Å². The third kappa shape index (κ3) is 2.29. The molecule has 3 nitrogen and oxygen atoms in total. The van der Waals surface area contributed by atoms with Crippen LogP contribution in [0.5, 0.6) is 0 Å². The summed E-state index contributed by atoms with van der Waals surface area (Å²) in [5, 5.41) is 4.86. The number of benzene rings is 3. The SMILES string of the molecule is NCCc1c2ccccc2c(C(N)CN)c2ccccc12. The zero-order valence-corrected chi connectivity index (χ0v) is 12.0. The summed E-state index contributed by atoms with van der Waals surface area (Å²) >= 11 is 0. The highest BCUT2D eigenvalue weighted by Crippen LogP contribution is 2.35. The zero-order chi connectivity index (χ0) is 14.8. The van der Waals surface area contributed by atoms with E-state index in [1.54, 1.807) is 0 Å². The molecule has 0 saturated carbocycles. The van der Waals surface area contributed by atoms with Crippen LogP contribution in [-0.2, 0) is 6.42 Å². The van der Waals surface area contributed by atoms with Gasteiger partial charge in [0.25, 0.3) is 0 Å². The van der Waals surface area contributed by atoms with Crippen molar-refractivity contribution in [2.24, 2.45) is 17.2 Å². The van der Waals surface area contributed by atoms with Gasteiger partial charge in [0, 0.05) is 12.6 Å². The van der Waals surface area contributed by atoms with E-state index in [2.05, 4.69) is 48.5 Å². The predicted molar refractivity (Wildman–Crippen MR) is 90.2 cm³/mol. The molecule has 1 atom stereocenters. The van der Waals surface area contributed by atoms with Gasteiger partial charge in [-0.1, -0.05) is 48.5 Å². The van der Waals surface area contributed by atoms with Crippen molar-refractivity contribution >= 4 is 21.5 Å². The quantitative estimate of drug-likeness (QED) is 0.642. The van der Waals surface area contributed by atoms with Crippen LogP contribution in [0.3, 0.4) is 0 Å². The molecule has 0 heterocycles. The van der Waals surface area contributed by atoms with Crippen molar-refractivity contribution in [3.8, 4) is 0 Å². The molecule has 3 aromatic rings. The maximum Gasteiger partial charge on any atom is 0.0431 e. The van der Waals surface area contributed by atoms with E-state index in [1.807, 2.05) is 0 Å². The van der Waals surface area contributed by atoms with E-state index in [9.17, 15) is 0 Å². The highest BCUT2D eigenvalue weighted by molar-refractivity contribution is 6.06. The first-order chi connectivity index (χ1) is 10.3. The van der Waals surface area contributed by atoms with Gasteiger partial charge < -0.3 is 17.2 Å². The summed E-state index contributed by atoms with van der Waals surface area (Å²) in [6.45, 7) is 1.07. The fourth-order valence-corrected chi connectivity index (χ4v) is 3.18. The minimum atomic E-state index is -0.160. The van der Waals surface area contributed by atoms with Crippen molar-refractivity contribution in [2.75, 3.05) is 13.1 Å². The molecular formula is C18H21N3. The van der Waals surface area contributed by atoms with Crippen LogP contribution in [0, 0.1) is 0 Å². The molecule has 0 amide bonds. The fraction of sp³-hybridized carbons (Fsp3) is 0.222. The number of hydrogen-bond donors (Lipinski definition) is 3. The minimum Gasteiger partial charge on any atom is -0.330 e. The van der Waals surface area contributed by atoms with Gasteiger partial charge in [-0.15, -0.1) is 0 Å². The molecule has 3 rings (SSSR count). The predicted octanol–water partition coefficient (Wildman–Crippen LogP) is 2.45. The standard InChI is InChI=1S/C18H21N3/c19-10-9-14-12-5-1-3-7-15(12)18(17(21)11-20)16-8-4-2-6-13(14)16/h1-8,17H,9-11,19-21H2. The van der Waals surface area contributed by atoms with Crippen LogP contribution in [0.2, 0.25) is 0 Å². The van der Waals surface area contributed by atoms with Crippen molar-refractivity contribution in [2.45, 2.75) is 12.5 Å². The Balaban J connectivity index is 2.50. The second-order valence-corrected chi connectivity index (χ2v) is 5.36. The normalized spacial score (nSPS) is 12.9. The monoisotopic (exact) mass is 279 g/mol. The molecular weight excluding hydrogens is 258 g/mol. The number of hydrogen-bond acceptors (Lipinski definition) is 3. The molecule has 108 valence electrons. The summed E-state index contributed by atoms with van der Waals surface area (Å²) in [7, 11) is 0. The summed E-state index contributed by atoms with van der Waals surface area (Å²) in [4.78, 5) is 0. The van der Waals surface area contributed by atoms with Crippen molar-refractivity contribution in [3.05, 3.63) is 59.7 Å². The molecule has 1 unspecified atom stereocenters. The average Bonchev–Trinajstić information content (AvgIpc) is 2.54. The number of nitrogens with two attached hydrogens (primary N) is 3. The third-order valence-electron chi connectivity index (χ3n) is 4.10. The highest BCUT2D eigenvalue weighted by atomic mass is 14.7. The van der Waals surface area contributed by atoms with Crippen LogP contribution < -0.4 is 17.2 Å². The average molecular weight is 279 g/mol. The van der Waals surface area contributed by atoms with Gasteiger partial charge in [0.05, 0.1) is 0 Å². The maximum atomic E-state index is 6.30. The molecule has 3 heteroatoms. The fourth-order valence-electron chi connectivity index (χ4n) is 3.18.